The summed E-state index contributed by atoms with van der Waals surface area (Å²) in [6, 6.07) is 26.0. The maximum atomic E-state index is 10.7. The number of nitrogens with one attached hydrogen (secondary N) is 1. The van der Waals surface area contributed by atoms with Crippen LogP contribution in [0.3, 0.4) is 0 Å². The molecule has 2 N–H and O–H groups in total. The molecule has 3 heterocycles. The minimum absolute atomic E-state index is 0.243. The lowest BCUT2D eigenvalue weighted by Gasteiger charge is -2.19. The molecular formula is C25H15N2O2+. The van der Waals surface area contributed by atoms with Crippen LogP contribution in [-0.2, 0) is 0 Å². The number of hydrogen-bond acceptors (Lipinski definition) is 2. The zero-order chi connectivity index (χ0) is 19.1. The minimum Gasteiger partial charge on any atom is -0.502 e. The van der Waals surface area contributed by atoms with E-state index in [2.05, 4.69) is 39.9 Å². The summed E-state index contributed by atoms with van der Waals surface area (Å²) in [6.07, 6.45) is 0. The van der Waals surface area contributed by atoms with Gasteiger partial charge in [-0.15, -0.1) is 4.57 Å². The fourth-order valence-electron chi connectivity index (χ4n) is 4.79. The fraction of sp³-hybridized carbons (Fsp3) is 0. The molecule has 2 aliphatic rings. The van der Waals surface area contributed by atoms with E-state index in [0.29, 0.717) is 0 Å². The Kier molecular flexibility index (Phi) is 2.60. The molecule has 0 bridgehead atoms. The van der Waals surface area contributed by atoms with Gasteiger partial charge in [-0.2, -0.15) is 0 Å². The Bertz CT molecular complexity index is 1580. The van der Waals surface area contributed by atoms with Crippen LogP contribution < -0.4 is 4.57 Å². The molecule has 136 valence electrons. The predicted molar refractivity (Wildman–Crippen MR) is 114 cm³/mol. The molecule has 0 spiro atoms. The van der Waals surface area contributed by atoms with Crippen molar-refractivity contribution in [2.24, 2.45) is 0 Å². The number of para-hydroxylation sites is 2. The molecular weight excluding hydrogens is 360 g/mol. The number of nitrogens with zero attached hydrogens (tertiary/aromatic N) is 1. The van der Waals surface area contributed by atoms with Gasteiger partial charge in [0.25, 0.3) is 5.69 Å². The quantitative estimate of drug-likeness (QED) is 0.218. The highest BCUT2D eigenvalue weighted by atomic mass is 16.3. The van der Waals surface area contributed by atoms with Crippen LogP contribution >= 0.6 is 0 Å². The van der Waals surface area contributed by atoms with Crippen LogP contribution in [0.15, 0.2) is 83.3 Å². The average Bonchev–Trinajstić information content (AvgIpc) is 2.75. The molecule has 0 unspecified atom stereocenters. The molecule has 0 aliphatic carbocycles. The van der Waals surface area contributed by atoms with Crippen molar-refractivity contribution in [1.82, 2.24) is 4.98 Å². The molecule has 29 heavy (non-hydrogen) atoms. The minimum atomic E-state index is 0.243. The lowest BCUT2D eigenvalue weighted by atomic mass is 9.91. The average molecular weight is 375 g/mol. The summed E-state index contributed by atoms with van der Waals surface area (Å²) < 4.78 is 8.44. The highest BCUT2D eigenvalue weighted by Gasteiger charge is 2.31. The van der Waals surface area contributed by atoms with Gasteiger partial charge in [0.2, 0.25) is 11.0 Å². The first-order valence-corrected chi connectivity index (χ1v) is 9.61. The summed E-state index contributed by atoms with van der Waals surface area (Å²) >= 11 is 0. The topological polar surface area (TPSA) is 53.0 Å². The Balaban J connectivity index is 1.88. The number of phenols is 1. The summed E-state index contributed by atoms with van der Waals surface area (Å²) in [6.45, 7) is 0. The van der Waals surface area contributed by atoms with Gasteiger partial charge in [-0.1, -0.05) is 30.3 Å². The standard InChI is InChI=1S/C25H14N2O2/c28-19-11-2-1-8-16(19)27-17-9-3-6-14-22(17)25-23-15(26-14)7-4-12-20(23)29-21-13-5-10-18(27)24(21)25/h1-13,28H/p+1. The lowest BCUT2D eigenvalue weighted by molar-refractivity contribution is -0.538. The van der Waals surface area contributed by atoms with E-state index in [-0.39, 0.29) is 5.75 Å². The van der Waals surface area contributed by atoms with E-state index >= 15 is 0 Å². The van der Waals surface area contributed by atoms with Gasteiger partial charge < -0.3 is 14.5 Å². The highest BCUT2D eigenvalue weighted by molar-refractivity contribution is 6.23. The summed E-state index contributed by atoms with van der Waals surface area (Å²) in [5.74, 6) is 0.243. The number of hydrogen-bond donors (Lipinski definition) is 2. The Morgan fingerprint density at radius 1 is 0.655 bits per heavy atom. The number of rotatable bonds is 1. The number of H-pyrrole nitrogens is 1. The second-order valence-electron chi connectivity index (χ2n) is 7.45. The van der Waals surface area contributed by atoms with Crippen molar-refractivity contribution in [3.05, 3.63) is 78.9 Å². The van der Waals surface area contributed by atoms with E-state index in [1.807, 2.05) is 42.5 Å². The molecule has 0 saturated carbocycles. The molecule has 0 amide bonds. The van der Waals surface area contributed by atoms with Gasteiger partial charge in [0.1, 0.15) is 11.2 Å². The Morgan fingerprint density at radius 3 is 2.28 bits per heavy atom. The summed E-state index contributed by atoms with van der Waals surface area (Å²) in [7, 11) is 0. The molecule has 0 atom stereocenters. The lowest BCUT2D eigenvalue weighted by Crippen LogP contribution is -2.33. The normalized spacial score (nSPS) is 12.3. The highest BCUT2D eigenvalue weighted by Crippen LogP contribution is 2.46. The van der Waals surface area contributed by atoms with Crippen LogP contribution in [0.5, 0.6) is 5.75 Å². The maximum Gasteiger partial charge on any atom is 0.253 e. The fourth-order valence-corrected chi connectivity index (χ4v) is 4.79. The third-order valence-corrected chi connectivity index (χ3v) is 5.92. The van der Waals surface area contributed by atoms with Crippen molar-refractivity contribution in [3.8, 4) is 22.6 Å². The first-order chi connectivity index (χ1) is 14.3. The van der Waals surface area contributed by atoms with Crippen molar-refractivity contribution >= 4 is 44.0 Å². The third kappa shape index (κ3) is 1.76. The Labute approximate surface area is 164 Å². The second-order valence-corrected chi connectivity index (χ2v) is 7.45. The van der Waals surface area contributed by atoms with Crippen LogP contribution in [0.4, 0.5) is 0 Å². The van der Waals surface area contributed by atoms with Gasteiger partial charge >= 0.3 is 0 Å². The molecule has 4 aromatic carbocycles. The van der Waals surface area contributed by atoms with E-state index in [4.69, 9.17) is 4.42 Å². The first kappa shape index (κ1) is 14.9. The van der Waals surface area contributed by atoms with Crippen LogP contribution in [0.1, 0.15) is 0 Å². The molecule has 5 aromatic rings. The van der Waals surface area contributed by atoms with Gasteiger partial charge in [-0.25, -0.2) is 0 Å². The number of pyridine rings is 2. The van der Waals surface area contributed by atoms with Crippen molar-refractivity contribution in [2.75, 3.05) is 0 Å². The molecule has 4 nitrogen and oxygen atoms in total. The Hall–Kier alpha value is -4.05. The van der Waals surface area contributed by atoms with E-state index in [9.17, 15) is 5.11 Å². The Morgan fingerprint density at radius 2 is 1.38 bits per heavy atom. The zero-order valence-electron chi connectivity index (χ0n) is 15.3. The van der Waals surface area contributed by atoms with Gasteiger partial charge in [0, 0.05) is 29.3 Å². The van der Waals surface area contributed by atoms with Crippen LogP contribution in [0.2, 0.25) is 0 Å². The molecule has 4 heteroatoms. The van der Waals surface area contributed by atoms with Crippen LogP contribution in [0.25, 0.3) is 60.8 Å². The van der Waals surface area contributed by atoms with E-state index < -0.39 is 0 Å². The van der Waals surface area contributed by atoms with Crippen molar-refractivity contribution in [3.63, 3.8) is 0 Å². The number of aromatic nitrogens is 2. The number of aromatic amines is 1. The number of benzene rings is 4. The van der Waals surface area contributed by atoms with Gasteiger partial charge in [-0.05, 0) is 30.3 Å². The second kappa shape index (κ2) is 5.06. The summed E-state index contributed by atoms with van der Waals surface area (Å²) in [4.78, 5) is 3.58. The SMILES string of the molecule is Oc1ccccc1-[n+]1c2cccc3[nH]c4cccc5oc6cccc1c6c(c32)-c45. The number of phenolic OH excluding ortho intramolecular Hbond substituents is 1. The first-order valence-electron chi connectivity index (χ1n) is 9.61. The molecule has 2 aliphatic heterocycles. The molecule has 7 rings (SSSR count). The van der Waals surface area contributed by atoms with E-state index in [1.165, 1.54) is 5.56 Å². The van der Waals surface area contributed by atoms with Gasteiger partial charge in [0.15, 0.2) is 5.75 Å². The maximum absolute atomic E-state index is 10.7. The molecule has 0 fully saturated rings. The largest absolute Gasteiger partial charge is 0.502 e. The summed E-state index contributed by atoms with van der Waals surface area (Å²) in [5, 5.41) is 12.9. The molecule has 0 saturated heterocycles. The smallest absolute Gasteiger partial charge is 0.253 e. The van der Waals surface area contributed by atoms with Crippen molar-refractivity contribution in [1.29, 1.82) is 0 Å². The monoisotopic (exact) mass is 375 g/mol. The summed E-state index contributed by atoms with van der Waals surface area (Å²) in [5.41, 5.74) is 8.91. The van der Waals surface area contributed by atoms with Gasteiger partial charge in [0.05, 0.1) is 21.8 Å². The van der Waals surface area contributed by atoms with Crippen molar-refractivity contribution < 1.29 is 14.1 Å². The third-order valence-electron chi connectivity index (χ3n) is 5.92. The zero-order valence-corrected chi connectivity index (χ0v) is 15.3. The molecule has 0 radical (unpaired) electrons. The van der Waals surface area contributed by atoms with Crippen LogP contribution in [-0.4, -0.2) is 10.1 Å². The van der Waals surface area contributed by atoms with E-state index in [0.717, 1.165) is 55.3 Å². The van der Waals surface area contributed by atoms with Gasteiger partial charge in [-0.3, -0.25) is 0 Å². The predicted octanol–water partition coefficient (Wildman–Crippen LogP) is 5.75. The van der Waals surface area contributed by atoms with Crippen molar-refractivity contribution in [2.45, 2.75) is 0 Å². The van der Waals surface area contributed by atoms with E-state index in [1.54, 1.807) is 6.07 Å². The van der Waals surface area contributed by atoms with Crippen LogP contribution in [0, 0.1) is 0 Å². The molecule has 1 aromatic heterocycles. The number of aromatic hydroxyl groups is 1.